The van der Waals surface area contributed by atoms with Gasteiger partial charge in [-0.3, -0.25) is 24.2 Å². The number of fused-ring (bicyclic) bond motifs is 1. The lowest BCUT2D eigenvalue weighted by Gasteiger charge is -2.25. The average Bonchev–Trinajstić information content (AvgIpc) is 3.31. The number of para-hydroxylation sites is 1. The van der Waals surface area contributed by atoms with Crippen LogP contribution in [0.25, 0.3) is 10.9 Å². The Morgan fingerprint density at radius 2 is 1.54 bits per heavy atom. The number of carboxylic acid groups (broad SMARTS) is 1. The summed E-state index contributed by atoms with van der Waals surface area (Å²) in [6.45, 7) is 3.64. The molecule has 0 aliphatic heterocycles. The molecule has 1 aromatic carbocycles. The van der Waals surface area contributed by atoms with Crippen molar-refractivity contribution in [2.24, 2.45) is 33.8 Å². The Kier molecular flexibility index (Phi) is 12.1. The smallest absolute Gasteiger partial charge is 0.326 e. The first-order valence-corrected chi connectivity index (χ1v) is 13.1. The van der Waals surface area contributed by atoms with Crippen LogP contribution in [0.1, 0.15) is 38.7 Å². The van der Waals surface area contributed by atoms with Crippen LogP contribution in [0.2, 0.25) is 0 Å². The van der Waals surface area contributed by atoms with Gasteiger partial charge in [0, 0.05) is 30.1 Å². The lowest BCUT2D eigenvalue weighted by molar-refractivity contribution is -0.142. The molecule has 1 aromatic heterocycles. The zero-order valence-electron chi connectivity index (χ0n) is 23.1. The van der Waals surface area contributed by atoms with Crippen LogP contribution >= 0.6 is 0 Å². The third kappa shape index (κ3) is 10.1. The number of carboxylic acids is 1. The monoisotopic (exact) mass is 573 g/mol. The summed E-state index contributed by atoms with van der Waals surface area (Å²) in [5.41, 5.74) is 23.3. The Hall–Kier alpha value is -4.66. The number of hydrogen-bond donors (Lipinski definition) is 9. The van der Waals surface area contributed by atoms with Gasteiger partial charge in [-0.2, -0.15) is 0 Å². The van der Waals surface area contributed by atoms with Gasteiger partial charge in [-0.15, -0.1) is 0 Å². The summed E-state index contributed by atoms with van der Waals surface area (Å²) in [5, 5.41) is 17.9. The second-order valence-corrected chi connectivity index (χ2v) is 9.97. The fraction of sp³-hybridized carbons (Fsp3) is 0.462. The molecule has 1 heterocycles. The van der Waals surface area contributed by atoms with E-state index in [0.29, 0.717) is 5.56 Å². The van der Waals surface area contributed by atoms with Gasteiger partial charge in [-0.1, -0.05) is 32.0 Å². The topological polar surface area (TPSA) is 274 Å². The number of aromatic amines is 1. The number of H-pyrrole nitrogens is 1. The van der Waals surface area contributed by atoms with E-state index in [1.54, 1.807) is 26.1 Å². The lowest BCUT2D eigenvalue weighted by atomic mass is 10.0. The van der Waals surface area contributed by atoms with Crippen molar-refractivity contribution >= 4 is 46.5 Å². The molecule has 224 valence electrons. The van der Waals surface area contributed by atoms with Crippen LogP contribution in [0.3, 0.4) is 0 Å². The van der Waals surface area contributed by atoms with E-state index in [2.05, 4.69) is 25.9 Å². The van der Waals surface area contributed by atoms with Gasteiger partial charge in [-0.25, -0.2) is 4.79 Å². The number of aliphatic carboxylic acids is 1. The first-order chi connectivity index (χ1) is 19.3. The van der Waals surface area contributed by atoms with Crippen molar-refractivity contribution in [3.05, 3.63) is 36.0 Å². The molecule has 0 aliphatic carbocycles. The van der Waals surface area contributed by atoms with Gasteiger partial charge in [0.05, 0.1) is 12.5 Å². The van der Waals surface area contributed by atoms with Crippen LogP contribution in [0.15, 0.2) is 35.5 Å². The Labute approximate surface area is 236 Å². The fourth-order valence-electron chi connectivity index (χ4n) is 4.02. The molecule has 0 spiro atoms. The molecule has 15 nitrogen and oxygen atoms in total. The predicted octanol–water partition coefficient (Wildman–Crippen LogP) is -1.84. The minimum Gasteiger partial charge on any atom is -0.480 e. The molecule has 41 heavy (non-hydrogen) atoms. The molecule has 0 bridgehead atoms. The number of nitrogens with two attached hydrogens (primary N) is 4. The summed E-state index contributed by atoms with van der Waals surface area (Å²) < 4.78 is 0. The Morgan fingerprint density at radius 3 is 2.15 bits per heavy atom. The van der Waals surface area contributed by atoms with Crippen molar-refractivity contribution in [3.8, 4) is 0 Å². The van der Waals surface area contributed by atoms with Gasteiger partial charge in [0.1, 0.15) is 18.1 Å². The van der Waals surface area contributed by atoms with E-state index in [1.807, 2.05) is 18.2 Å². The molecule has 0 saturated heterocycles. The Balaban J connectivity index is 2.20. The van der Waals surface area contributed by atoms with Crippen molar-refractivity contribution in [2.45, 2.75) is 63.7 Å². The summed E-state index contributed by atoms with van der Waals surface area (Å²) in [5.74, 6) is -4.93. The molecular formula is C26H39N9O6. The van der Waals surface area contributed by atoms with Gasteiger partial charge in [0.2, 0.25) is 23.6 Å². The molecule has 2 aromatic rings. The maximum atomic E-state index is 13.2. The van der Waals surface area contributed by atoms with Gasteiger partial charge in [0.25, 0.3) is 0 Å². The Bertz CT molecular complexity index is 1270. The summed E-state index contributed by atoms with van der Waals surface area (Å²) in [6.07, 6.45) is 1.32. The molecule has 0 radical (unpaired) electrons. The standard InChI is InChI=1S/C26H39N9O6/c1-13(2)21(28)24(39)33-17(8-5-9-31-26(29)30)22(37)34-18(11-20(27)36)23(38)35-19(25(40)41)10-14-12-32-16-7-4-3-6-15(14)16/h3-4,6-7,12-13,17-19,21,32H,5,8-11,28H2,1-2H3,(H2,27,36)(H,33,39)(H,34,37)(H,35,38)(H,40,41)(H4,29,30,31). The number of amides is 4. The van der Waals surface area contributed by atoms with Gasteiger partial charge in [0.15, 0.2) is 5.96 Å². The number of primary amides is 1. The first-order valence-electron chi connectivity index (χ1n) is 13.1. The molecule has 0 saturated carbocycles. The van der Waals surface area contributed by atoms with Gasteiger partial charge in [-0.05, 0) is 30.4 Å². The zero-order valence-corrected chi connectivity index (χ0v) is 23.1. The molecule has 4 unspecified atom stereocenters. The van der Waals surface area contributed by atoms with Crippen molar-refractivity contribution in [1.82, 2.24) is 20.9 Å². The number of hydrogen-bond acceptors (Lipinski definition) is 7. The third-order valence-electron chi connectivity index (χ3n) is 6.35. The molecule has 13 N–H and O–H groups in total. The highest BCUT2D eigenvalue weighted by Crippen LogP contribution is 2.19. The molecule has 2 rings (SSSR count). The van der Waals surface area contributed by atoms with E-state index in [9.17, 15) is 29.1 Å². The molecule has 4 amide bonds. The summed E-state index contributed by atoms with van der Waals surface area (Å²) in [4.78, 5) is 69.6. The SMILES string of the molecule is CC(C)C(N)C(=O)NC(CCCN=C(N)N)C(=O)NC(CC(N)=O)C(=O)NC(Cc1c[nH]c2ccccc12)C(=O)O. The minimum absolute atomic E-state index is 0.0705. The minimum atomic E-state index is -1.51. The van der Waals surface area contributed by atoms with E-state index >= 15 is 0 Å². The number of aromatic nitrogens is 1. The van der Waals surface area contributed by atoms with E-state index in [4.69, 9.17) is 22.9 Å². The quantitative estimate of drug-likeness (QED) is 0.0619. The van der Waals surface area contributed by atoms with E-state index in [0.717, 1.165) is 10.9 Å². The number of rotatable bonds is 16. The van der Waals surface area contributed by atoms with Crippen LogP contribution in [0.4, 0.5) is 0 Å². The highest BCUT2D eigenvalue weighted by atomic mass is 16.4. The maximum absolute atomic E-state index is 13.2. The number of benzene rings is 1. The normalized spacial score (nSPS) is 14.0. The second kappa shape index (κ2) is 15.2. The predicted molar refractivity (Wildman–Crippen MR) is 152 cm³/mol. The van der Waals surface area contributed by atoms with Crippen molar-refractivity contribution < 1.29 is 29.1 Å². The number of carbonyl (C=O) groups excluding carboxylic acids is 4. The van der Waals surface area contributed by atoms with E-state index < -0.39 is 60.2 Å². The van der Waals surface area contributed by atoms with E-state index in [-0.39, 0.29) is 37.7 Å². The number of carbonyl (C=O) groups is 5. The van der Waals surface area contributed by atoms with Crippen molar-refractivity contribution in [3.63, 3.8) is 0 Å². The summed E-state index contributed by atoms with van der Waals surface area (Å²) in [6, 6.07) is 2.29. The Morgan fingerprint density at radius 1 is 0.927 bits per heavy atom. The van der Waals surface area contributed by atoms with E-state index in [1.165, 1.54) is 0 Å². The van der Waals surface area contributed by atoms with Crippen molar-refractivity contribution in [2.75, 3.05) is 6.54 Å². The van der Waals surface area contributed by atoms with Gasteiger partial charge >= 0.3 is 5.97 Å². The average molecular weight is 574 g/mol. The number of aliphatic imine (C=N–C) groups is 1. The van der Waals surface area contributed by atoms with Crippen LogP contribution in [-0.2, 0) is 30.4 Å². The molecular weight excluding hydrogens is 534 g/mol. The molecule has 4 atom stereocenters. The van der Waals surface area contributed by atoms with Crippen LogP contribution in [-0.4, -0.2) is 76.4 Å². The zero-order chi connectivity index (χ0) is 30.7. The molecule has 0 aliphatic rings. The fourth-order valence-corrected chi connectivity index (χ4v) is 4.02. The number of nitrogens with one attached hydrogen (secondary N) is 4. The first kappa shape index (κ1) is 32.6. The second-order valence-electron chi connectivity index (χ2n) is 9.97. The highest BCUT2D eigenvalue weighted by Gasteiger charge is 2.32. The van der Waals surface area contributed by atoms with Crippen LogP contribution in [0.5, 0.6) is 0 Å². The summed E-state index contributed by atoms with van der Waals surface area (Å²) >= 11 is 0. The highest BCUT2D eigenvalue weighted by molar-refractivity contribution is 5.96. The van der Waals surface area contributed by atoms with Crippen molar-refractivity contribution in [1.29, 1.82) is 0 Å². The summed E-state index contributed by atoms with van der Waals surface area (Å²) in [7, 11) is 0. The largest absolute Gasteiger partial charge is 0.480 e. The maximum Gasteiger partial charge on any atom is 0.326 e. The van der Waals surface area contributed by atoms with Crippen LogP contribution < -0.4 is 38.9 Å². The number of nitrogens with zero attached hydrogens (tertiary/aromatic N) is 1. The molecule has 0 fully saturated rings. The van der Waals surface area contributed by atoms with Crippen LogP contribution in [0, 0.1) is 5.92 Å². The molecule has 15 heteroatoms. The lowest BCUT2D eigenvalue weighted by Crippen LogP contribution is -2.58. The van der Waals surface area contributed by atoms with Gasteiger partial charge < -0.3 is 49.0 Å². The third-order valence-corrected chi connectivity index (χ3v) is 6.35. The number of guanidine groups is 1.